The van der Waals surface area contributed by atoms with Gasteiger partial charge >= 0.3 is 0 Å². The zero-order valence-electron chi connectivity index (χ0n) is 16.0. The van der Waals surface area contributed by atoms with E-state index < -0.39 is 0 Å². The van der Waals surface area contributed by atoms with E-state index in [-0.39, 0.29) is 5.91 Å². The normalized spacial score (nSPS) is 22.3. The maximum atomic E-state index is 12.2. The van der Waals surface area contributed by atoms with E-state index in [4.69, 9.17) is 17.0 Å². The molecular formula is C20H31N3O2S. The number of thiocarbonyl (C=S) groups is 1. The van der Waals surface area contributed by atoms with E-state index in [1.807, 2.05) is 12.1 Å². The second-order valence-electron chi connectivity index (χ2n) is 7.15. The van der Waals surface area contributed by atoms with Gasteiger partial charge in [0.1, 0.15) is 5.75 Å². The average Bonchev–Trinajstić information content (AvgIpc) is 2.64. The van der Waals surface area contributed by atoms with Crippen molar-refractivity contribution in [2.24, 2.45) is 11.8 Å². The number of ether oxygens (including phenoxy) is 1. The minimum absolute atomic E-state index is 0.223. The van der Waals surface area contributed by atoms with Crippen LogP contribution in [0.15, 0.2) is 24.3 Å². The van der Waals surface area contributed by atoms with Crippen LogP contribution >= 0.6 is 12.2 Å². The molecule has 1 aromatic carbocycles. The quantitative estimate of drug-likeness (QED) is 0.400. The van der Waals surface area contributed by atoms with Crippen LogP contribution in [0.1, 0.15) is 63.2 Å². The van der Waals surface area contributed by atoms with Gasteiger partial charge in [-0.15, -0.1) is 0 Å². The van der Waals surface area contributed by atoms with Crippen molar-refractivity contribution in [1.29, 1.82) is 0 Å². The van der Waals surface area contributed by atoms with Gasteiger partial charge in [0.05, 0.1) is 6.61 Å². The largest absolute Gasteiger partial charge is 0.494 e. The molecular weight excluding hydrogens is 346 g/mol. The Hall–Kier alpha value is -1.82. The summed E-state index contributed by atoms with van der Waals surface area (Å²) in [4.78, 5) is 12.2. The summed E-state index contributed by atoms with van der Waals surface area (Å²) in [6, 6.07) is 7.48. The van der Waals surface area contributed by atoms with E-state index in [1.54, 1.807) is 12.1 Å². The van der Waals surface area contributed by atoms with Gasteiger partial charge in [0.2, 0.25) is 0 Å². The summed E-state index contributed by atoms with van der Waals surface area (Å²) in [5.74, 6) is 1.82. The Bertz CT molecular complexity index is 591. The Labute approximate surface area is 162 Å². The van der Waals surface area contributed by atoms with Crippen molar-refractivity contribution in [2.45, 2.75) is 58.9 Å². The highest BCUT2D eigenvalue weighted by molar-refractivity contribution is 7.80. The molecule has 3 N–H and O–H groups in total. The fraction of sp³-hybridized carbons (Fsp3) is 0.600. The van der Waals surface area contributed by atoms with Gasteiger partial charge in [-0.05, 0) is 61.2 Å². The van der Waals surface area contributed by atoms with Gasteiger partial charge in [-0.2, -0.15) is 0 Å². The molecule has 0 heterocycles. The van der Waals surface area contributed by atoms with Crippen LogP contribution in [0.25, 0.3) is 0 Å². The number of hydrogen-bond donors (Lipinski definition) is 3. The number of carbonyl (C=O) groups excluding carboxylic acids is 1. The van der Waals surface area contributed by atoms with E-state index >= 15 is 0 Å². The number of hydrogen-bond acceptors (Lipinski definition) is 3. The summed E-state index contributed by atoms with van der Waals surface area (Å²) >= 11 is 5.32. The smallest absolute Gasteiger partial charge is 0.269 e. The SMILES string of the molecule is CCCCOc1ccc(C(=O)NNC(=S)N[C@@H]2CCC[C@H](C)[C@@H]2C)cc1. The number of nitrogens with one attached hydrogen (secondary N) is 3. The number of unbranched alkanes of at least 4 members (excludes halogenated alkanes) is 1. The zero-order valence-corrected chi connectivity index (χ0v) is 16.8. The van der Waals surface area contributed by atoms with Crippen molar-refractivity contribution < 1.29 is 9.53 Å². The van der Waals surface area contributed by atoms with Crippen LogP contribution in [0.3, 0.4) is 0 Å². The molecule has 1 aromatic rings. The molecule has 0 spiro atoms. The first-order chi connectivity index (χ1) is 12.5. The highest BCUT2D eigenvalue weighted by atomic mass is 32.1. The Balaban J connectivity index is 1.76. The summed E-state index contributed by atoms with van der Waals surface area (Å²) in [6.45, 7) is 7.36. The highest BCUT2D eigenvalue weighted by Crippen LogP contribution is 2.29. The van der Waals surface area contributed by atoms with Crippen LogP contribution in [0.4, 0.5) is 0 Å². The lowest BCUT2D eigenvalue weighted by atomic mass is 9.78. The molecule has 26 heavy (non-hydrogen) atoms. The fourth-order valence-corrected chi connectivity index (χ4v) is 3.42. The van der Waals surface area contributed by atoms with Crippen LogP contribution in [0, 0.1) is 11.8 Å². The third kappa shape index (κ3) is 6.16. The van der Waals surface area contributed by atoms with Gasteiger partial charge in [0.25, 0.3) is 5.91 Å². The van der Waals surface area contributed by atoms with Crippen LogP contribution in [0.2, 0.25) is 0 Å². The molecule has 0 aromatic heterocycles. The van der Waals surface area contributed by atoms with Crippen LogP contribution in [-0.2, 0) is 0 Å². The fourth-order valence-electron chi connectivity index (χ4n) is 3.21. The lowest BCUT2D eigenvalue weighted by molar-refractivity contribution is 0.0943. The number of benzene rings is 1. The Morgan fingerprint density at radius 3 is 2.62 bits per heavy atom. The summed E-state index contributed by atoms with van der Waals surface area (Å²) in [5, 5.41) is 3.79. The Morgan fingerprint density at radius 2 is 1.92 bits per heavy atom. The van der Waals surface area contributed by atoms with Crippen molar-refractivity contribution in [2.75, 3.05) is 6.61 Å². The van der Waals surface area contributed by atoms with Crippen LogP contribution in [-0.4, -0.2) is 23.7 Å². The minimum Gasteiger partial charge on any atom is -0.494 e. The number of rotatable bonds is 6. The van der Waals surface area contributed by atoms with Crippen molar-refractivity contribution in [1.82, 2.24) is 16.2 Å². The molecule has 2 rings (SSSR count). The second-order valence-corrected chi connectivity index (χ2v) is 7.56. The topological polar surface area (TPSA) is 62.4 Å². The molecule has 1 saturated carbocycles. The molecule has 1 amide bonds. The second kappa shape index (κ2) is 10.4. The lowest BCUT2D eigenvalue weighted by Crippen LogP contribution is -2.52. The highest BCUT2D eigenvalue weighted by Gasteiger charge is 2.27. The maximum Gasteiger partial charge on any atom is 0.269 e. The van der Waals surface area contributed by atoms with E-state index in [0.717, 1.165) is 25.0 Å². The van der Waals surface area contributed by atoms with Crippen LogP contribution in [0.5, 0.6) is 5.75 Å². The van der Waals surface area contributed by atoms with Crippen molar-refractivity contribution in [3.8, 4) is 5.75 Å². The van der Waals surface area contributed by atoms with Crippen molar-refractivity contribution in [3.63, 3.8) is 0 Å². The molecule has 3 atom stereocenters. The molecule has 0 saturated heterocycles. The first-order valence-corrected chi connectivity index (χ1v) is 10.0. The van der Waals surface area contributed by atoms with E-state index in [1.165, 1.54) is 12.8 Å². The van der Waals surface area contributed by atoms with Gasteiger partial charge in [-0.1, -0.05) is 40.0 Å². The average molecular weight is 378 g/mol. The molecule has 144 valence electrons. The first-order valence-electron chi connectivity index (χ1n) is 9.61. The molecule has 0 bridgehead atoms. The predicted molar refractivity (Wildman–Crippen MR) is 109 cm³/mol. The van der Waals surface area contributed by atoms with E-state index in [0.29, 0.717) is 35.2 Å². The summed E-state index contributed by atoms with van der Waals surface area (Å²) in [5.41, 5.74) is 6.02. The number of hydrazine groups is 1. The summed E-state index contributed by atoms with van der Waals surface area (Å²) in [7, 11) is 0. The van der Waals surface area contributed by atoms with E-state index in [9.17, 15) is 4.79 Å². The third-order valence-corrected chi connectivity index (χ3v) is 5.42. The molecule has 0 radical (unpaired) electrons. The lowest BCUT2D eigenvalue weighted by Gasteiger charge is -2.35. The standard InChI is InChI=1S/C20H31N3O2S/c1-4-5-13-25-17-11-9-16(10-12-17)19(24)22-23-20(26)21-18-8-6-7-14(2)15(18)3/h9-12,14-15,18H,4-8,13H2,1-3H3,(H,22,24)(H2,21,23,26)/t14-,15-,18+/m0/s1. The molecule has 0 unspecified atom stereocenters. The minimum atomic E-state index is -0.223. The summed E-state index contributed by atoms with van der Waals surface area (Å²) < 4.78 is 5.60. The van der Waals surface area contributed by atoms with E-state index in [2.05, 4.69) is 36.9 Å². The molecule has 0 aliphatic heterocycles. The Kier molecular flexibility index (Phi) is 8.16. The molecule has 1 aliphatic rings. The monoisotopic (exact) mass is 377 g/mol. The Morgan fingerprint density at radius 1 is 1.19 bits per heavy atom. The predicted octanol–water partition coefficient (Wildman–Crippen LogP) is 3.80. The van der Waals surface area contributed by atoms with Gasteiger partial charge in [0, 0.05) is 11.6 Å². The summed E-state index contributed by atoms with van der Waals surface area (Å²) in [6.07, 6.45) is 5.72. The van der Waals surface area contributed by atoms with Crippen molar-refractivity contribution in [3.05, 3.63) is 29.8 Å². The van der Waals surface area contributed by atoms with Crippen molar-refractivity contribution >= 4 is 23.2 Å². The third-order valence-electron chi connectivity index (χ3n) is 5.20. The first kappa shape index (κ1) is 20.5. The molecule has 1 fully saturated rings. The maximum absolute atomic E-state index is 12.2. The van der Waals surface area contributed by atoms with Crippen LogP contribution < -0.4 is 20.9 Å². The number of amides is 1. The van der Waals surface area contributed by atoms with Gasteiger partial charge in [0.15, 0.2) is 5.11 Å². The molecule has 6 heteroatoms. The molecule has 5 nitrogen and oxygen atoms in total. The number of carbonyl (C=O) groups is 1. The van der Waals surface area contributed by atoms with Gasteiger partial charge in [-0.3, -0.25) is 15.6 Å². The molecule has 1 aliphatic carbocycles. The zero-order chi connectivity index (χ0) is 18.9. The van der Waals surface area contributed by atoms with Gasteiger partial charge < -0.3 is 10.1 Å². The van der Waals surface area contributed by atoms with Gasteiger partial charge in [-0.25, -0.2) is 0 Å².